The molecule has 0 bridgehead atoms. The zero-order chi connectivity index (χ0) is 21.0. The topological polar surface area (TPSA) is 81.7 Å². The maximum absolute atomic E-state index is 12.6. The van der Waals surface area contributed by atoms with Crippen LogP contribution in [0.1, 0.15) is 19.8 Å². The molecule has 6 nitrogen and oxygen atoms in total. The van der Waals surface area contributed by atoms with Gasteiger partial charge < -0.3 is 15.7 Å². The average molecular weight is 436 g/mol. The maximum Gasteiger partial charge on any atom is 0.241 e. The highest BCUT2D eigenvalue weighted by Crippen LogP contribution is 2.30. The summed E-state index contributed by atoms with van der Waals surface area (Å²) in [5.74, 6) is -0.410. The van der Waals surface area contributed by atoms with Crippen molar-refractivity contribution in [2.24, 2.45) is 5.92 Å². The molecule has 0 unspecified atom stereocenters. The molecule has 3 rings (SSSR count). The van der Waals surface area contributed by atoms with Gasteiger partial charge in [0.25, 0.3) is 0 Å². The van der Waals surface area contributed by atoms with Crippen molar-refractivity contribution in [2.75, 3.05) is 23.7 Å². The first kappa shape index (κ1) is 21.4. The molecular weight excluding hydrogens is 413 g/mol. The number of carbonyl (C=O) groups excluding carboxylic acids is 2. The van der Waals surface area contributed by atoms with Gasteiger partial charge in [-0.25, -0.2) is 0 Å². The van der Waals surface area contributed by atoms with E-state index in [1.165, 1.54) is 6.07 Å². The van der Waals surface area contributed by atoms with Gasteiger partial charge in [0.2, 0.25) is 11.8 Å². The Labute approximate surface area is 179 Å². The van der Waals surface area contributed by atoms with Gasteiger partial charge in [0.15, 0.2) is 0 Å². The Bertz CT molecular complexity index is 898. The summed E-state index contributed by atoms with van der Waals surface area (Å²) < 4.78 is 0. The standard InChI is InChI=1S/C21H23Cl2N3O3/c1-13(20(28)25-17-7-4-5-15(22)19(17)23)26-11-9-14(10-12-26)21(29)24-16-6-2-3-8-18(16)27/h2-8,13-14,27H,9-12H2,1H3,(H,24,29)(H,25,28)/t13-/m0/s1. The monoisotopic (exact) mass is 435 g/mol. The van der Waals surface area contributed by atoms with Crippen LogP contribution in [0.4, 0.5) is 11.4 Å². The highest BCUT2D eigenvalue weighted by Gasteiger charge is 2.30. The summed E-state index contributed by atoms with van der Waals surface area (Å²) in [7, 11) is 0. The van der Waals surface area contributed by atoms with Gasteiger partial charge in [-0.2, -0.15) is 0 Å². The van der Waals surface area contributed by atoms with Gasteiger partial charge >= 0.3 is 0 Å². The molecule has 3 N–H and O–H groups in total. The van der Waals surface area contributed by atoms with Gasteiger partial charge in [-0.05, 0) is 57.1 Å². The zero-order valence-electron chi connectivity index (χ0n) is 16.0. The fourth-order valence-corrected chi connectivity index (χ4v) is 3.71. The minimum Gasteiger partial charge on any atom is -0.506 e. The predicted molar refractivity (Wildman–Crippen MR) is 116 cm³/mol. The van der Waals surface area contributed by atoms with Crippen molar-refractivity contribution in [1.82, 2.24) is 4.90 Å². The number of aromatic hydroxyl groups is 1. The molecule has 1 aliphatic rings. The van der Waals surface area contributed by atoms with Crippen LogP contribution in [-0.4, -0.2) is 41.0 Å². The second-order valence-electron chi connectivity index (χ2n) is 7.08. The van der Waals surface area contributed by atoms with E-state index in [2.05, 4.69) is 10.6 Å². The van der Waals surface area contributed by atoms with Crippen molar-refractivity contribution in [1.29, 1.82) is 0 Å². The lowest BCUT2D eigenvalue weighted by atomic mass is 9.94. The molecule has 0 aliphatic carbocycles. The second kappa shape index (κ2) is 9.48. The first-order chi connectivity index (χ1) is 13.9. The summed E-state index contributed by atoms with van der Waals surface area (Å²) >= 11 is 12.1. The number of halogens is 2. The van der Waals surface area contributed by atoms with E-state index in [-0.39, 0.29) is 29.5 Å². The molecule has 0 spiro atoms. The molecule has 0 radical (unpaired) electrons. The first-order valence-electron chi connectivity index (χ1n) is 9.44. The molecule has 2 aromatic rings. The number of phenolic OH excluding ortho intramolecular Hbond substituents is 1. The third kappa shape index (κ3) is 5.21. The third-order valence-electron chi connectivity index (χ3n) is 5.20. The summed E-state index contributed by atoms with van der Waals surface area (Å²) in [5, 5.41) is 16.1. The van der Waals surface area contributed by atoms with Crippen LogP contribution in [0, 0.1) is 5.92 Å². The van der Waals surface area contributed by atoms with Crippen LogP contribution in [-0.2, 0) is 9.59 Å². The van der Waals surface area contributed by atoms with E-state index in [4.69, 9.17) is 23.2 Å². The number of phenols is 1. The summed E-state index contributed by atoms with van der Waals surface area (Å²) in [6.07, 6.45) is 1.27. The quantitative estimate of drug-likeness (QED) is 0.608. The summed E-state index contributed by atoms with van der Waals surface area (Å²) in [6.45, 7) is 3.07. The SMILES string of the molecule is C[C@@H](C(=O)Nc1cccc(Cl)c1Cl)N1CCC(C(=O)Nc2ccccc2O)CC1. The highest BCUT2D eigenvalue weighted by atomic mass is 35.5. The Kier molecular flexibility index (Phi) is 7.00. The van der Waals surface area contributed by atoms with Crippen molar-refractivity contribution in [2.45, 2.75) is 25.8 Å². The Morgan fingerprint density at radius 2 is 1.69 bits per heavy atom. The van der Waals surface area contributed by atoms with Crippen LogP contribution in [0.5, 0.6) is 5.75 Å². The molecule has 1 aliphatic heterocycles. The minimum atomic E-state index is -0.368. The molecule has 1 saturated heterocycles. The zero-order valence-corrected chi connectivity index (χ0v) is 17.5. The van der Waals surface area contributed by atoms with Gasteiger partial charge in [0.1, 0.15) is 5.75 Å². The number of benzene rings is 2. The predicted octanol–water partition coefficient (Wildman–Crippen LogP) is 4.38. The molecule has 1 fully saturated rings. The molecule has 8 heteroatoms. The number of nitrogens with zero attached hydrogens (tertiary/aromatic N) is 1. The van der Waals surface area contributed by atoms with E-state index in [1.807, 2.05) is 11.8 Å². The van der Waals surface area contributed by atoms with Crippen molar-refractivity contribution in [3.05, 3.63) is 52.5 Å². The minimum absolute atomic E-state index is 0.0447. The van der Waals surface area contributed by atoms with Crippen molar-refractivity contribution < 1.29 is 14.7 Å². The van der Waals surface area contributed by atoms with Gasteiger partial charge in [-0.1, -0.05) is 41.4 Å². The van der Waals surface area contributed by atoms with E-state index >= 15 is 0 Å². The maximum atomic E-state index is 12.6. The van der Waals surface area contributed by atoms with Gasteiger partial charge in [0.05, 0.1) is 27.5 Å². The van der Waals surface area contributed by atoms with Crippen molar-refractivity contribution >= 4 is 46.4 Å². The smallest absolute Gasteiger partial charge is 0.241 e. The summed E-state index contributed by atoms with van der Waals surface area (Å²) in [6, 6.07) is 11.4. The number of piperidine rings is 1. The van der Waals surface area contributed by atoms with E-state index in [0.717, 1.165) is 0 Å². The number of hydrogen-bond donors (Lipinski definition) is 3. The number of nitrogens with one attached hydrogen (secondary N) is 2. The molecule has 0 saturated carbocycles. The van der Waals surface area contributed by atoms with Gasteiger partial charge in [-0.3, -0.25) is 14.5 Å². The van der Waals surface area contributed by atoms with Crippen LogP contribution in [0.2, 0.25) is 10.0 Å². The number of likely N-dealkylation sites (tertiary alicyclic amines) is 1. The Hall–Kier alpha value is -2.28. The van der Waals surface area contributed by atoms with Crippen LogP contribution in [0.25, 0.3) is 0 Å². The Balaban J connectivity index is 1.53. The second-order valence-corrected chi connectivity index (χ2v) is 7.87. The first-order valence-corrected chi connectivity index (χ1v) is 10.2. The lowest BCUT2D eigenvalue weighted by Gasteiger charge is -2.34. The number of amides is 2. The van der Waals surface area contributed by atoms with Crippen molar-refractivity contribution in [3.8, 4) is 5.75 Å². The van der Waals surface area contributed by atoms with Gasteiger partial charge in [-0.15, -0.1) is 0 Å². The normalized spacial score (nSPS) is 16.2. The number of hydrogen-bond acceptors (Lipinski definition) is 4. The fraction of sp³-hybridized carbons (Fsp3) is 0.333. The number of rotatable bonds is 5. The van der Waals surface area contributed by atoms with Crippen LogP contribution >= 0.6 is 23.2 Å². The largest absolute Gasteiger partial charge is 0.506 e. The Morgan fingerprint density at radius 1 is 1.03 bits per heavy atom. The molecule has 0 aromatic heterocycles. The van der Waals surface area contributed by atoms with E-state index in [1.54, 1.807) is 36.4 Å². The summed E-state index contributed by atoms with van der Waals surface area (Å²) in [4.78, 5) is 27.1. The molecule has 2 aromatic carbocycles. The van der Waals surface area contributed by atoms with E-state index < -0.39 is 0 Å². The van der Waals surface area contributed by atoms with Crippen LogP contribution in [0.15, 0.2) is 42.5 Å². The van der Waals surface area contributed by atoms with Crippen LogP contribution < -0.4 is 10.6 Å². The third-order valence-corrected chi connectivity index (χ3v) is 6.02. The number of carbonyl (C=O) groups is 2. The molecular formula is C21H23Cl2N3O3. The molecule has 1 atom stereocenters. The molecule has 154 valence electrons. The Morgan fingerprint density at radius 3 is 2.38 bits per heavy atom. The van der Waals surface area contributed by atoms with Crippen molar-refractivity contribution in [3.63, 3.8) is 0 Å². The number of anilines is 2. The average Bonchev–Trinajstić information content (AvgIpc) is 2.72. The molecule has 1 heterocycles. The molecule has 29 heavy (non-hydrogen) atoms. The van der Waals surface area contributed by atoms with Crippen LogP contribution in [0.3, 0.4) is 0 Å². The lowest BCUT2D eigenvalue weighted by molar-refractivity contribution is -0.123. The van der Waals surface area contributed by atoms with E-state index in [0.29, 0.717) is 47.4 Å². The number of para-hydroxylation sites is 2. The fourth-order valence-electron chi connectivity index (χ4n) is 3.37. The van der Waals surface area contributed by atoms with Gasteiger partial charge in [0, 0.05) is 5.92 Å². The van der Waals surface area contributed by atoms with E-state index in [9.17, 15) is 14.7 Å². The highest BCUT2D eigenvalue weighted by molar-refractivity contribution is 6.44. The lowest BCUT2D eigenvalue weighted by Crippen LogP contribution is -2.47. The molecule has 2 amide bonds. The summed E-state index contributed by atoms with van der Waals surface area (Å²) in [5.41, 5.74) is 0.888.